The van der Waals surface area contributed by atoms with Gasteiger partial charge in [0.05, 0.1) is 18.1 Å². The molecule has 1 aromatic heterocycles. The topological polar surface area (TPSA) is 103 Å². The van der Waals surface area contributed by atoms with Crippen LogP contribution in [0.4, 0.5) is 0 Å². The zero-order valence-electron chi connectivity index (χ0n) is 18.8. The molecule has 4 rings (SSSR count). The molecule has 1 N–H and O–H groups in total. The quantitative estimate of drug-likeness (QED) is 0.680. The number of carbonyl (C=O) groups excluding carboxylic acids is 1. The van der Waals surface area contributed by atoms with Gasteiger partial charge in [-0.15, -0.1) is 5.10 Å². The average molecular weight is 461 g/mol. The van der Waals surface area contributed by atoms with E-state index in [0.29, 0.717) is 18.8 Å². The van der Waals surface area contributed by atoms with Crippen molar-refractivity contribution >= 4 is 15.9 Å². The highest BCUT2D eigenvalue weighted by atomic mass is 32.2. The number of hydrogen-bond donors (Lipinski definition) is 1. The van der Waals surface area contributed by atoms with Crippen LogP contribution in [0.1, 0.15) is 57.1 Å². The molecule has 32 heavy (non-hydrogen) atoms. The number of rotatable bonds is 7. The molecule has 0 spiro atoms. The van der Waals surface area contributed by atoms with Crippen molar-refractivity contribution in [3.05, 3.63) is 30.0 Å². The molecule has 0 bridgehead atoms. The maximum atomic E-state index is 12.2. The van der Waals surface area contributed by atoms with E-state index in [9.17, 15) is 13.2 Å². The fourth-order valence-electron chi connectivity index (χ4n) is 4.96. The van der Waals surface area contributed by atoms with Crippen LogP contribution in [-0.4, -0.2) is 41.7 Å². The molecule has 2 aliphatic carbocycles. The minimum absolute atomic E-state index is 0.112. The fraction of sp³-hybridized carbons (Fsp3) is 0.609. The van der Waals surface area contributed by atoms with Gasteiger partial charge in [-0.3, -0.25) is 14.2 Å². The highest BCUT2D eigenvalue weighted by Gasteiger charge is 2.30. The van der Waals surface area contributed by atoms with Crippen LogP contribution in [0.2, 0.25) is 0 Å². The van der Waals surface area contributed by atoms with E-state index in [1.54, 1.807) is 0 Å². The number of amides is 1. The predicted molar refractivity (Wildman–Crippen MR) is 121 cm³/mol. The van der Waals surface area contributed by atoms with Crippen LogP contribution >= 0.6 is 0 Å². The van der Waals surface area contributed by atoms with E-state index < -0.39 is 15.9 Å². The van der Waals surface area contributed by atoms with Crippen LogP contribution in [0, 0.1) is 11.8 Å². The van der Waals surface area contributed by atoms with Gasteiger partial charge in [-0.25, -0.2) is 8.42 Å². The highest BCUT2D eigenvalue weighted by Crippen LogP contribution is 2.32. The Morgan fingerprint density at radius 3 is 2.53 bits per heavy atom. The van der Waals surface area contributed by atoms with Gasteiger partial charge < -0.3 is 4.74 Å². The molecular formula is C23H32N4O4S. The predicted octanol–water partition coefficient (Wildman–Crippen LogP) is 3.23. The summed E-state index contributed by atoms with van der Waals surface area (Å²) < 4.78 is 32.8. The van der Waals surface area contributed by atoms with Gasteiger partial charge in [0.15, 0.2) is 0 Å². The van der Waals surface area contributed by atoms with Crippen molar-refractivity contribution in [2.75, 3.05) is 6.26 Å². The van der Waals surface area contributed by atoms with E-state index in [0.717, 1.165) is 42.5 Å². The Labute approximate surface area is 189 Å². The summed E-state index contributed by atoms with van der Waals surface area (Å²) in [6, 6.07) is 7.88. The van der Waals surface area contributed by atoms with Crippen molar-refractivity contribution in [1.29, 1.82) is 0 Å². The molecule has 2 aliphatic rings. The van der Waals surface area contributed by atoms with Gasteiger partial charge in [-0.2, -0.15) is 0 Å². The molecule has 0 aliphatic heterocycles. The molecule has 1 heterocycles. The second-order valence-electron chi connectivity index (χ2n) is 9.23. The molecule has 1 amide bonds. The van der Waals surface area contributed by atoms with Crippen LogP contribution in [-0.2, 0) is 28.3 Å². The standard InChI is InChI=1S/C23H32N4O4S/c1-27-21(14-16-6-3-4-7-16)22(24-26-27)17-10-12-19(13-11-17)31-20-9-5-8-18(15-20)23(28)25-32(2,29)30/h10-13,16,18,20H,3-9,14-15H2,1-2H3,(H,25,28)/t18-,20-/m1/s1. The summed E-state index contributed by atoms with van der Waals surface area (Å²) >= 11 is 0. The van der Waals surface area contributed by atoms with Gasteiger partial charge in [0.1, 0.15) is 11.4 Å². The van der Waals surface area contributed by atoms with E-state index in [2.05, 4.69) is 15.0 Å². The smallest absolute Gasteiger partial charge is 0.236 e. The van der Waals surface area contributed by atoms with Gasteiger partial charge in [-0.05, 0) is 62.3 Å². The zero-order chi connectivity index (χ0) is 22.7. The number of aromatic nitrogens is 3. The molecule has 1 aromatic carbocycles. The van der Waals surface area contributed by atoms with Crippen LogP contribution in [0.15, 0.2) is 24.3 Å². The lowest BCUT2D eigenvalue weighted by Gasteiger charge is -2.28. The lowest BCUT2D eigenvalue weighted by atomic mass is 9.87. The summed E-state index contributed by atoms with van der Waals surface area (Å²) in [5, 5.41) is 8.67. The van der Waals surface area contributed by atoms with Crippen LogP contribution < -0.4 is 9.46 Å². The van der Waals surface area contributed by atoms with Crippen molar-refractivity contribution < 1.29 is 17.9 Å². The average Bonchev–Trinajstić information content (AvgIpc) is 3.38. The van der Waals surface area contributed by atoms with Gasteiger partial charge in [0, 0.05) is 18.5 Å². The van der Waals surface area contributed by atoms with Gasteiger partial charge in [0.2, 0.25) is 15.9 Å². The molecule has 2 fully saturated rings. The zero-order valence-corrected chi connectivity index (χ0v) is 19.6. The van der Waals surface area contributed by atoms with E-state index in [1.165, 1.54) is 31.4 Å². The lowest BCUT2D eigenvalue weighted by molar-refractivity contribution is -0.125. The van der Waals surface area contributed by atoms with Crippen LogP contribution in [0.3, 0.4) is 0 Å². The van der Waals surface area contributed by atoms with Crippen molar-refractivity contribution in [2.45, 2.75) is 63.9 Å². The Hall–Kier alpha value is -2.42. The minimum atomic E-state index is -3.54. The third kappa shape index (κ3) is 5.68. The summed E-state index contributed by atoms with van der Waals surface area (Å²) in [7, 11) is -1.59. The Kier molecular flexibility index (Phi) is 6.83. The monoisotopic (exact) mass is 460 g/mol. The summed E-state index contributed by atoms with van der Waals surface area (Å²) in [5.74, 6) is 0.672. The molecule has 8 nitrogen and oxygen atoms in total. The highest BCUT2D eigenvalue weighted by molar-refractivity contribution is 7.89. The first kappa shape index (κ1) is 22.8. The number of sulfonamides is 1. The molecule has 0 saturated heterocycles. The summed E-state index contributed by atoms with van der Waals surface area (Å²) in [6.07, 6.45) is 9.95. The van der Waals surface area contributed by atoms with Crippen molar-refractivity contribution in [2.24, 2.45) is 18.9 Å². The first-order valence-corrected chi connectivity index (χ1v) is 13.3. The molecule has 0 radical (unpaired) electrons. The number of hydrogen-bond acceptors (Lipinski definition) is 6. The van der Waals surface area contributed by atoms with E-state index in [4.69, 9.17) is 4.74 Å². The number of benzene rings is 1. The Morgan fingerprint density at radius 1 is 1.12 bits per heavy atom. The van der Waals surface area contributed by atoms with Gasteiger partial charge in [0.25, 0.3) is 0 Å². The number of aryl methyl sites for hydroxylation is 1. The normalized spacial score (nSPS) is 22.1. The molecule has 2 saturated carbocycles. The maximum Gasteiger partial charge on any atom is 0.236 e. The molecule has 9 heteroatoms. The van der Waals surface area contributed by atoms with Crippen molar-refractivity contribution in [3.63, 3.8) is 0 Å². The molecule has 2 atom stereocenters. The van der Waals surface area contributed by atoms with Crippen molar-refractivity contribution in [3.8, 4) is 17.0 Å². The van der Waals surface area contributed by atoms with Crippen LogP contribution in [0.25, 0.3) is 11.3 Å². The van der Waals surface area contributed by atoms with Crippen molar-refractivity contribution in [1.82, 2.24) is 19.7 Å². The first-order valence-electron chi connectivity index (χ1n) is 11.5. The summed E-state index contributed by atoms with van der Waals surface area (Å²) in [4.78, 5) is 12.2. The fourth-order valence-corrected chi connectivity index (χ4v) is 5.49. The SMILES string of the molecule is Cn1nnc(-c2ccc(O[C@@H]3CCC[C@@H](C(=O)NS(C)(=O)=O)C3)cc2)c1CC1CCCC1. The second-order valence-corrected chi connectivity index (χ2v) is 11.0. The van der Waals surface area contributed by atoms with E-state index in [-0.39, 0.29) is 12.0 Å². The summed E-state index contributed by atoms with van der Waals surface area (Å²) in [5.41, 5.74) is 3.13. The number of ether oxygens (including phenoxy) is 1. The molecule has 2 aromatic rings. The summed E-state index contributed by atoms with van der Waals surface area (Å²) in [6.45, 7) is 0. The van der Waals surface area contributed by atoms with Gasteiger partial charge in [-0.1, -0.05) is 30.9 Å². The van der Waals surface area contributed by atoms with E-state index >= 15 is 0 Å². The third-order valence-corrected chi connectivity index (χ3v) is 7.18. The molecule has 174 valence electrons. The Bertz CT molecular complexity index is 1040. The largest absolute Gasteiger partial charge is 0.490 e. The minimum Gasteiger partial charge on any atom is -0.490 e. The second kappa shape index (κ2) is 9.60. The molecule has 0 unspecified atom stereocenters. The first-order chi connectivity index (χ1) is 15.3. The van der Waals surface area contributed by atoms with E-state index in [1.807, 2.05) is 36.0 Å². The molecular weight excluding hydrogens is 428 g/mol. The Balaban J connectivity index is 1.40. The van der Waals surface area contributed by atoms with Crippen LogP contribution in [0.5, 0.6) is 5.75 Å². The maximum absolute atomic E-state index is 12.2. The Morgan fingerprint density at radius 2 is 1.84 bits per heavy atom. The lowest BCUT2D eigenvalue weighted by Crippen LogP contribution is -2.39. The number of nitrogens with one attached hydrogen (secondary N) is 1. The number of carbonyl (C=O) groups is 1. The van der Waals surface area contributed by atoms with Gasteiger partial charge >= 0.3 is 0 Å². The third-order valence-electron chi connectivity index (χ3n) is 6.61. The number of nitrogens with zero attached hydrogens (tertiary/aromatic N) is 3.